The first-order valence-corrected chi connectivity index (χ1v) is 7.25. The van der Waals surface area contributed by atoms with Crippen LogP contribution in [-0.4, -0.2) is 23.4 Å². The van der Waals surface area contributed by atoms with Gasteiger partial charge in [-0.25, -0.2) is 4.39 Å². The number of hydrogen-bond acceptors (Lipinski definition) is 3. The Hall–Kier alpha value is -1.14. The van der Waals surface area contributed by atoms with Crippen molar-refractivity contribution in [2.75, 3.05) is 13.2 Å². The summed E-state index contributed by atoms with van der Waals surface area (Å²) in [7, 11) is 0. The minimum Gasteiger partial charge on any atom is -0.347 e. The van der Waals surface area contributed by atoms with Crippen molar-refractivity contribution in [3.05, 3.63) is 39.8 Å². The van der Waals surface area contributed by atoms with Gasteiger partial charge in [-0.05, 0) is 32.0 Å². The van der Waals surface area contributed by atoms with Crippen LogP contribution >= 0.6 is 23.2 Å². The predicted molar refractivity (Wildman–Crippen MR) is 80.0 cm³/mol. The molecule has 0 unspecified atom stereocenters. The maximum Gasteiger partial charge on any atom is 0.200 e. The summed E-state index contributed by atoms with van der Waals surface area (Å²) < 4.78 is 24.5. The van der Waals surface area contributed by atoms with E-state index in [1.165, 1.54) is 12.1 Å². The fraction of sp³-hybridized carbons (Fsp3) is 0.357. The van der Waals surface area contributed by atoms with Crippen molar-refractivity contribution in [1.82, 2.24) is 10.2 Å². The molecule has 0 fully saturated rings. The highest BCUT2D eigenvalue weighted by Crippen LogP contribution is 2.32. The monoisotopic (exact) mass is 332 g/mol. The van der Waals surface area contributed by atoms with E-state index in [-0.39, 0.29) is 5.02 Å². The predicted octanol–water partition coefficient (Wildman–Crippen LogP) is 4.59. The van der Waals surface area contributed by atoms with Crippen molar-refractivity contribution in [3.8, 4) is 11.3 Å². The first kappa shape index (κ1) is 16.2. The first-order valence-electron chi connectivity index (χ1n) is 6.50. The average Bonchev–Trinajstić information content (AvgIpc) is 2.92. The van der Waals surface area contributed by atoms with Crippen LogP contribution in [0, 0.1) is 5.82 Å². The summed E-state index contributed by atoms with van der Waals surface area (Å²) >= 11 is 11.8. The zero-order valence-corrected chi connectivity index (χ0v) is 13.1. The van der Waals surface area contributed by atoms with E-state index in [4.69, 9.17) is 32.7 Å². The second kappa shape index (κ2) is 7.22. The molecule has 0 radical (unpaired) electrons. The van der Waals surface area contributed by atoms with Gasteiger partial charge in [0.2, 0.25) is 0 Å². The van der Waals surface area contributed by atoms with Crippen LogP contribution in [0.5, 0.6) is 0 Å². The number of hydrogen-bond donors (Lipinski definition) is 1. The largest absolute Gasteiger partial charge is 0.347 e. The van der Waals surface area contributed by atoms with Crippen LogP contribution < -0.4 is 0 Å². The molecule has 1 N–H and O–H groups in total. The molecular weight excluding hydrogens is 318 g/mol. The van der Waals surface area contributed by atoms with E-state index in [0.29, 0.717) is 35.2 Å². The molecule has 0 saturated carbocycles. The normalized spacial score (nSPS) is 11.3. The highest BCUT2D eigenvalue weighted by Gasteiger charge is 2.17. The van der Waals surface area contributed by atoms with Gasteiger partial charge in [0.25, 0.3) is 0 Å². The third-order valence-corrected chi connectivity index (χ3v) is 3.38. The quantitative estimate of drug-likeness (QED) is 0.621. The Bertz CT molecular complexity index is 613. The maximum absolute atomic E-state index is 13.6. The van der Waals surface area contributed by atoms with Crippen LogP contribution in [0.3, 0.4) is 0 Å². The van der Waals surface area contributed by atoms with Crippen molar-refractivity contribution >= 4 is 23.2 Å². The highest BCUT2D eigenvalue weighted by molar-refractivity contribution is 6.36. The topological polar surface area (TPSA) is 47.1 Å². The number of H-pyrrole nitrogens is 1. The summed E-state index contributed by atoms with van der Waals surface area (Å²) in [5, 5.41) is 7.24. The maximum atomic E-state index is 13.6. The van der Waals surface area contributed by atoms with E-state index >= 15 is 0 Å². The molecule has 0 bridgehead atoms. The van der Waals surface area contributed by atoms with Crippen molar-refractivity contribution in [2.45, 2.75) is 20.1 Å². The molecule has 0 aliphatic heterocycles. The van der Waals surface area contributed by atoms with Crippen LogP contribution in [0.2, 0.25) is 10.0 Å². The molecule has 0 spiro atoms. The molecule has 0 amide bonds. The number of rotatable bonds is 6. The molecule has 2 rings (SSSR count). The third kappa shape index (κ3) is 3.74. The molecule has 0 atom stereocenters. The highest BCUT2D eigenvalue weighted by atomic mass is 35.5. The lowest BCUT2D eigenvalue weighted by Crippen LogP contribution is -2.09. The average molecular weight is 333 g/mol. The lowest BCUT2D eigenvalue weighted by atomic mass is 10.1. The van der Waals surface area contributed by atoms with Gasteiger partial charge in [-0.2, -0.15) is 5.10 Å². The zero-order valence-electron chi connectivity index (χ0n) is 11.6. The second-order valence-electron chi connectivity index (χ2n) is 4.20. The Morgan fingerprint density at radius 3 is 2.43 bits per heavy atom. The summed E-state index contributed by atoms with van der Waals surface area (Å²) in [5.74, 6) is -0.549. The molecule has 1 aromatic heterocycles. The molecule has 0 saturated heterocycles. The smallest absolute Gasteiger partial charge is 0.200 e. The molecule has 1 aromatic carbocycles. The number of nitrogens with one attached hydrogen (secondary N) is 1. The van der Waals surface area contributed by atoms with Gasteiger partial charge in [0.05, 0.1) is 21.4 Å². The number of aromatic nitrogens is 2. The van der Waals surface area contributed by atoms with Crippen LogP contribution in [0.4, 0.5) is 4.39 Å². The fourth-order valence-corrected chi connectivity index (χ4v) is 2.32. The van der Waals surface area contributed by atoms with Crippen molar-refractivity contribution < 1.29 is 13.9 Å². The van der Waals surface area contributed by atoms with Gasteiger partial charge < -0.3 is 9.47 Å². The van der Waals surface area contributed by atoms with Gasteiger partial charge in [-0.15, -0.1) is 0 Å². The molecule has 4 nitrogen and oxygen atoms in total. The lowest BCUT2D eigenvalue weighted by Gasteiger charge is -2.14. The summed E-state index contributed by atoms with van der Waals surface area (Å²) in [6.07, 6.45) is -0.544. The Morgan fingerprint density at radius 2 is 1.81 bits per heavy atom. The number of ether oxygens (including phenoxy) is 2. The summed E-state index contributed by atoms with van der Waals surface area (Å²) in [4.78, 5) is 0. The van der Waals surface area contributed by atoms with Gasteiger partial charge in [0.1, 0.15) is 5.82 Å². The molecule has 0 aliphatic carbocycles. The van der Waals surface area contributed by atoms with E-state index in [2.05, 4.69) is 10.2 Å². The fourth-order valence-electron chi connectivity index (χ4n) is 1.84. The minimum absolute atomic E-state index is 0.0268. The number of halogens is 3. The zero-order chi connectivity index (χ0) is 15.4. The molecule has 7 heteroatoms. The van der Waals surface area contributed by atoms with Crippen LogP contribution in [0.1, 0.15) is 25.8 Å². The van der Waals surface area contributed by atoms with E-state index in [9.17, 15) is 4.39 Å². The van der Waals surface area contributed by atoms with E-state index in [1.54, 1.807) is 6.07 Å². The van der Waals surface area contributed by atoms with Gasteiger partial charge in [-0.3, -0.25) is 5.10 Å². The number of benzene rings is 1. The van der Waals surface area contributed by atoms with Crippen LogP contribution in [0.15, 0.2) is 18.2 Å². The number of aromatic amines is 1. The number of nitrogens with zero attached hydrogens (tertiary/aromatic N) is 1. The molecule has 2 aromatic rings. The summed E-state index contributed by atoms with van der Waals surface area (Å²) in [6, 6.07) is 4.32. The van der Waals surface area contributed by atoms with Gasteiger partial charge >= 0.3 is 0 Å². The van der Waals surface area contributed by atoms with Crippen LogP contribution in [-0.2, 0) is 9.47 Å². The van der Waals surface area contributed by atoms with Gasteiger partial charge in [0.15, 0.2) is 6.29 Å². The van der Waals surface area contributed by atoms with Crippen molar-refractivity contribution in [3.63, 3.8) is 0 Å². The van der Waals surface area contributed by atoms with Gasteiger partial charge in [0, 0.05) is 18.8 Å². The van der Waals surface area contributed by atoms with E-state index < -0.39 is 12.1 Å². The van der Waals surface area contributed by atoms with Crippen LogP contribution in [0.25, 0.3) is 11.3 Å². The molecular formula is C14H15Cl2FN2O2. The lowest BCUT2D eigenvalue weighted by molar-refractivity contribution is -0.142. The Labute approximate surface area is 132 Å². The molecule has 114 valence electrons. The summed E-state index contributed by atoms with van der Waals surface area (Å²) in [5.41, 5.74) is 1.59. The van der Waals surface area contributed by atoms with Crippen molar-refractivity contribution in [2.24, 2.45) is 0 Å². The third-order valence-electron chi connectivity index (χ3n) is 2.77. The molecule has 1 heterocycles. The SMILES string of the molecule is CCOC(OCC)c1cc(-c2cc(F)c(Cl)cc2Cl)n[nH]1. The Morgan fingerprint density at radius 1 is 1.14 bits per heavy atom. The first-order chi connectivity index (χ1) is 10.1. The van der Waals surface area contributed by atoms with E-state index in [0.717, 1.165) is 0 Å². The standard InChI is InChI=1S/C14H15Cl2FN2O2/c1-3-20-14(21-4-2)13-7-12(18-19-13)8-5-11(17)10(16)6-9(8)15/h5-7,14H,3-4H2,1-2H3,(H,18,19). The van der Waals surface area contributed by atoms with Gasteiger partial charge in [-0.1, -0.05) is 23.2 Å². The second-order valence-corrected chi connectivity index (χ2v) is 5.01. The van der Waals surface area contributed by atoms with E-state index in [1.807, 2.05) is 13.8 Å². The summed E-state index contributed by atoms with van der Waals surface area (Å²) in [6.45, 7) is 4.73. The Kier molecular flexibility index (Phi) is 5.58. The Balaban J connectivity index is 2.33. The van der Waals surface area contributed by atoms with Crippen molar-refractivity contribution in [1.29, 1.82) is 0 Å². The molecule has 21 heavy (non-hydrogen) atoms. The molecule has 0 aliphatic rings. The minimum atomic E-state index is -0.549.